The van der Waals surface area contributed by atoms with E-state index in [1.807, 2.05) is 22.6 Å². The number of hydrogen-bond acceptors (Lipinski definition) is 2. The van der Waals surface area contributed by atoms with Crippen molar-refractivity contribution in [3.63, 3.8) is 0 Å². The van der Waals surface area contributed by atoms with Gasteiger partial charge in [0.2, 0.25) is 0 Å². The van der Waals surface area contributed by atoms with Crippen LogP contribution in [0, 0.1) is 9.49 Å². The highest BCUT2D eigenvalue weighted by atomic mass is 127. The van der Waals surface area contributed by atoms with Crippen molar-refractivity contribution in [1.82, 2.24) is 5.32 Å². The third kappa shape index (κ3) is 4.09. The van der Waals surface area contributed by atoms with Gasteiger partial charge < -0.3 is 10.4 Å². The van der Waals surface area contributed by atoms with Crippen LogP contribution in [0.2, 0.25) is 0 Å². The van der Waals surface area contributed by atoms with E-state index >= 15 is 0 Å². The number of phenolic OH excluding ortho intramolecular Hbond substituents is 1. The summed E-state index contributed by atoms with van der Waals surface area (Å²) >= 11 is 2.05. The molecule has 1 amide bonds. The molecule has 4 heteroatoms. The van der Waals surface area contributed by atoms with E-state index in [0.717, 1.165) is 22.3 Å². The largest absolute Gasteiger partial charge is 0.507 e. The van der Waals surface area contributed by atoms with Crippen molar-refractivity contribution in [2.75, 3.05) is 0 Å². The molecule has 2 unspecified atom stereocenters. The normalized spacial score (nSPS) is 23.7. The summed E-state index contributed by atoms with van der Waals surface area (Å²) in [4.78, 5) is 12.1. The van der Waals surface area contributed by atoms with E-state index in [1.54, 1.807) is 12.1 Å². The molecule has 1 aromatic rings. The molecule has 1 saturated carbocycles. The third-order valence-corrected chi connectivity index (χ3v) is 4.71. The van der Waals surface area contributed by atoms with Gasteiger partial charge in [-0.15, -0.1) is 0 Å². The highest BCUT2D eigenvalue weighted by Crippen LogP contribution is 2.24. The van der Waals surface area contributed by atoms with Crippen LogP contribution in [0.5, 0.6) is 5.75 Å². The maximum atomic E-state index is 12.1. The predicted octanol–water partition coefficient (Wildman–Crippen LogP) is 3.70. The average Bonchev–Trinajstić information content (AvgIpc) is 2.58. The lowest BCUT2D eigenvalue weighted by Crippen LogP contribution is -2.34. The van der Waals surface area contributed by atoms with Crippen molar-refractivity contribution in [3.8, 4) is 5.75 Å². The van der Waals surface area contributed by atoms with Crippen LogP contribution in [0.1, 0.15) is 49.4 Å². The van der Waals surface area contributed by atoms with E-state index < -0.39 is 0 Å². The molecular weight excluding hydrogens is 353 g/mol. The molecule has 19 heavy (non-hydrogen) atoms. The van der Waals surface area contributed by atoms with Crippen LogP contribution < -0.4 is 5.32 Å². The molecule has 104 valence electrons. The highest BCUT2D eigenvalue weighted by Gasteiger charge is 2.18. The van der Waals surface area contributed by atoms with Gasteiger partial charge in [0.15, 0.2) is 0 Å². The highest BCUT2D eigenvalue weighted by molar-refractivity contribution is 14.1. The molecule has 0 heterocycles. The molecular formula is C15H20INO2. The van der Waals surface area contributed by atoms with Gasteiger partial charge in [-0.2, -0.15) is 0 Å². The molecule has 0 spiro atoms. The molecule has 1 aliphatic carbocycles. The minimum absolute atomic E-state index is 0.0775. The number of phenols is 1. The number of rotatable bonds is 2. The second kappa shape index (κ2) is 6.59. The Labute approximate surface area is 127 Å². The fraction of sp³-hybridized carbons (Fsp3) is 0.533. The average molecular weight is 373 g/mol. The summed E-state index contributed by atoms with van der Waals surface area (Å²) in [6.45, 7) is 2.28. The van der Waals surface area contributed by atoms with Crippen LogP contribution in [0.15, 0.2) is 18.2 Å². The van der Waals surface area contributed by atoms with E-state index in [0.29, 0.717) is 5.56 Å². The van der Waals surface area contributed by atoms with Crippen molar-refractivity contribution in [2.45, 2.75) is 45.1 Å². The lowest BCUT2D eigenvalue weighted by molar-refractivity contribution is 0.0932. The summed E-state index contributed by atoms with van der Waals surface area (Å²) in [5.41, 5.74) is 0.537. The lowest BCUT2D eigenvalue weighted by atomic mass is 10.0. The van der Waals surface area contributed by atoms with Gasteiger partial charge in [-0.3, -0.25) is 4.79 Å². The molecule has 0 aliphatic heterocycles. The zero-order chi connectivity index (χ0) is 13.8. The standard InChI is InChI=1S/C15H20INO2/c1-10-3-2-4-12(7-5-10)17-15(19)11-6-8-13(16)14(18)9-11/h6,8-10,12,18H,2-5,7H2,1H3,(H,17,19). The molecule has 0 saturated heterocycles. The number of aromatic hydroxyl groups is 1. The lowest BCUT2D eigenvalue weighted by Gasteiger charge is -2.16. The zero-order valence-corrected chi connectivity index (χ0v) is 13.3. The topological polar surface area (TPSA) is 49.3 Å². The van der Waals surface area contributed by atoms with Crippen molar-refractivity contribution < 1.29 is 9.90 Å². The summed E-state index contributed by atoms with van der Waals surface area (Å²) in [5, 5.41) is 12.7. The summed E-state index contributed by atoms with van der Waals surface area (Å²) in [7, 11) is 0. The first-order valence-corrected chi connectivity index (χ1v) is 7.93. The number of nitrogens with one attached hydrogen (secondary N) is 1. The number of halogens is 1. The van der Waals surface area contributed by atoms with Gasteiger partial charge in [0.25, 0.3) is 5.91 Å². The van der Waals surface area contributed by atoms with Gasteiger partial charge in [0.1, 0.15) is 5.75 Å². The quantitative estimate of drug-likeness (QED) is 0.614. The molecule has 1 aromatic carbocycles. The van der Waals surface area contributed by atoms with Crippen LogP contribution in [-0.2, 0) is 0 Å². The first-order chi connectivity index (χ1) is 9.06. The number of benzene rings is 1. The number of amides is 1. The fourth-order valence-corrected chi connectivity index (χ4v) is 2.89. The third-order valence-electron chi connectivity index (χ3n) is 3.80. The Bertz CT molecular complexity index is 461. The molecule has 1 aliphatic rings. The van der Waals surface area contributed by atoms with Crippen molar-refractivity contribution in [3.05, 3.63) is 27.3 Å². The first kappa shape index (κ1) is 14.6. The van der Waals surface area contributed by atoms with Crippen molar-refractivity contribution in [1.29, 1.82) is 0 Å². The van der Waals surface area contributed by atoms with Crippen LogP contribution >= 0.6 is 22.6 Å². The molecule has 2 rings (SSSR count). The monoisotopic (exact) mass is 373 g/mol. The molecule has 1 fully saturated rings. The van der Waals surface area contributed by atoms with Gasteiger partial charge in [0, 0.05) is 11.6 Å². The molecule has 3 nitrogen and oxygen atoms in total. The maximum absolute atomic E-state index is 12.1. The van der Waals surface area contributed by atoms with Crippen LogP contribution in [-0.4, -0.2) is 17.1 Å². The molecule has 2 atom stereocenters. The molecule has 2 N–H and O–H groups in total. The van der Waals surface area contributed by atoms with E-state index in [2.05, 4.69) is 12.2 Å². The summed E-state index contributed by atoms with van der Waals surface area (Å²) in [6, 6.07) is 5.34. The SMILES string of the molecule is CC1CCCC(NC(=O)c2ccc(I)c(O)c2)CC1. The number of carbonyl (C=O) groups is 1. The van der Waals surface area contributed by atoms with E-state index in [4.69, 9.17) is 0 Å². The van der Waals surface area contributed by atoms with E-state index in [1.165, 1.54) is 25.3 Å². The maximum Gasteiger partial charge on any atom is 0.251 e. The summed E-state index contributed by atoms with van der Waals surface area (Å²) in [5.74, 6) is 0.859. The minimum Gasteiger partial charge on any atom is -0.507 e. The van der Waals surface area contributed by atoms with Gasteiger partial charge in [0.05, 0.1) is 3.57 Å². The summed E-state index contributed by atoms with van der Waals surface area (Å²) < 4.78 is 0.762. The predicted molar refractivity (Wildman–Crippen MR) is 84.3 cm³/mol. The Morgan fingerprint density at radius 2 is 2.11 bits per heavy atom. The van der Waals surface area contributed by atoms with Crippen molar-refractivity contribution in [2.24, 2.45) is 5.92 Å². The smallest absolute Gasteiger partial charge is 0.251 e. The second-order valence-electron chi connectivity index (χ2n) is 5.45. The minimum atomic E-state index is -0.0775. The first-order valence-electron chi connectivity index (χ1n) is 6.85. The second-order valence-corrected chi connectivity index (χ2v) is 6.61. The number of carbonyl (C=O) groups excluding carboxylic acids is 1. The Morgan fingerprint density at radius 3 is 2.84 bits per heavy atom. The Balaban J connectivity index is 1.98. The Morgan fingerprint density at radius 1 is 1.32 bits per heavy atom. The zero-order valence-electron chi connectivity index (χ0n) is 11.2. The van der Waals surface area contributed by atoms with Gasteiger partial charge in [-0.25, -0.2) is 0 Å². The fourth-order valence-electron chi connectivity index (χ4n) is 2.55. The number of hydrogen-bond donors (Lipinski definition) is 2. The van der Waals surface area contributed by atoms with E-state index in [9.17, 15) is 9.90 Å². The van der Waals surface area contributed by atoms with Crippen molar-refractivity contribution >= 4 is 28.5 Å². The molecule has 0 aromatic heterocycles. The Hall–Kier alpha value is -0.780. The van der Waals surface area contributed by atoms with Crippen LogP contribution in [0.25, 0.3) is 0 Å². The van der Waals surface area contributed by atoms with Gasteiger partial charge in [-0.1, -0.05) is 19.8 Å². The van der Waals surface area contributed by atoms with E-state index in [-0.39, 0.29) is 17.7 Å². The summed E-state index contributed by atoms with van der Waals surface area (Å²) in [6.07, 6.45) is 5.75. The molecule has 0 radical (unpaired) electrons. The van der Waals surface area contributed by atoms with Gasteiger partial charge >= 0.3 is 0 Å². The Kier molecular flexibility index (Phi) is 5.07. The van der Waals surface area contributed by atoms with Gasteiger partial charge in [-0.05, 0) is 66.0 Å². The van der Waals surface area contributed by atoms with Crippen LogP contribution in [0.4, 0.5) is 0 Å². The molecule has 0 bridgehead atoms. The van der Waals surface area contributed by atoms with Crippen LogP contribution in [0.3, 0.4) is 0 Å².